The fraction of sp³-hybridized carbons (Fsp3) is 0.143. The molecule has 0 amide bonds. The van der Waals surface area contributed by atoms with Gasteiger partial charge in [0.1, 0.15) is 0 Å². The van der Waals surface area contributed by atoms with Gasteiger partial charge in [0.25, 0.3) is 0 Å². The Bertz CT molecular complexity index is 925. The van der Waals surface area contributed by atoms with Gasteiger partial charge in [-0.1, -0.05) is 66.2 Å². The standard InChI is InChI=1S/C21H22N2O2S/c1-17-12-14-20(15-13-17)26(24,25)22-16-21(18-8-4-2-5-9-18)23-19-10-6-3-7-11-19/h2-15,21-23H,16H2,1H3/t21-/m0/s1. The minimum Gasteiger partial charge on any atom is -0.377 e. The van der Waals surface area contributed by atoms with Crippen LogP contribution in [0.2, 0.25) is 0 Å². The van der Waals surface area contributed by atoms with Crippen LogP contribution in [0, 0.1) is 6.92 Å². The fourth-order valence-corrected chi connectivity index (χ4v) is 3.71. The molecular formula is C21H22N2O2S. The molecule has 0 saturated carbocycles. The third-order valence-electron chi connectivity index (χ3n) is 4.13. The Morgan fingerprint density at radius 1 is 0.808 bits per heavy atom. The summed E-state index contributed by atoms with van der Waals surface area (Å²) in [5, 5.41) is 3.40. The highest BCUT2D eigenvalue weighted by Crippen LogP contribution is 2.20. The Balaban J connectivity index is 1.78. The van der Waals surface area contributed by atoms with E-state index in [0.717, 1.165) is 16.8 Å². The first-order chi connectivity index (χ1) is 12.5. The quantitative estimate of drug-likeness (QED) is 0.661. The third kappa shape index (κ3) is 4.71. The summed E-state index contributed by atoms with van der Waals surface area (Å²) in [7, 11) is -3.56. The maximum absolute atomic E-state index is 12.6. The Kier molecular flexibility index (Phi) is 5.71. The van der Waals surface area contributed by atoms with Gasteiger partial charge in [-0.25, -0.2) is 13.1 Å². The second-order valence-corrected chi connectivity index (χ2v) is 7.91. The lowest BCUT2D eigenvalue weighted by Crippen LogP contribution is -2.31. The van der Waals surface area contributed by atoms with Gasteiger partial charge in [-0.15, -0.1) is 0 Å². The van der Waals surface area contributed by atoms with E-state index < -0.39 is 10.0 Å². The Morgan fingerprint density at radius 2 is 1.38 bits per heavy atom. The molecule has 0 saturated heterocycles. The van der Waals surface area contributed by atoms with E-state index in [9.17, 15) is 8.42 Å². The fourth-order valence-electron chi connectivity index (χ4n) is 2.67. The van der Waals surface area contributed by atoms with Gasteiger partial charge in [0, 0.05) is 12.2 Å². The van der Waals surface area contributed by atoms with E-state index in [1.807, 2.05) is 67.6 Å². The van der Waals surface area contributed by atoms with Gasteiger partial charge in [-0.05, 0) is 36.8 Å². The molecule has 0 radical (unpaired) electrons. The van der Waals surface area contributed by atoms with Gasteiger partial charge >= 0.3 is 0 Å². The van der Waals surface area contributed by atoms with Crippen LogP contribution in [-0.2, 0) is 10.0 Å². The van der Waals surface area contributed by atoms with Crippen LogP contribution in [0.3, 0.4) is 0 Å². The molecule has 4 nitrogen and oxygen atoms in total. The highest BCUT2D eigenvalue weighted by atomic mass is 32.2. The molecule has 26 heavy (non-hydrogen) atoms. The monoisotopic (exact) mass is 366 g/mol. The van der Waals surface area contributed by atoms with Crippen molar-refractivity contribution in [3.8, 4) is 0 Å². The lowest BCUT2D eigenvalue weighted by atomic mass is 10.1. The van der Waals surface area contributed by atoms with E-state index in [-0.39, 0.29) is 17.5 Å². The number of rotatable bonds is 7. The first-order valence-corrected chi connectivity index (χ1v) is 9.96. The van der Waals surface area contributed by atoms with Crippen molar-refractivity contribution in [3.63, 3.8) is 0 Å². The molecule has 0 bridgehead atoms. The van der Waals surface area contributed by atoms with Crippen LogP contribution in [0.5, 0.6) is 0 Å². The second-order valence-electron chi connectivity index (χ2n) is 6.14. The SMILES string of the molecule is Cc1ccc(S(=O)(=O)NC[C@H](Nc2ccccc2)c2ccccc2)cc1. The zero-order chi connectivity index (χ0) is 18.4. The summed E-state index contributed by atoms with van der Waals surface area (Å²) in [6.45, 7) is 2.17. The molecule has 0 fully saturated rings. The molecule has 5 heteroatoms. The topological polar surface area (TPSA) is 58.2 Å². The van der Waals surface area contributed by atoms with Crippen LogP contribution >= 0.6 is 0 Å². The highest BCUT2D eigenvalue weighted by Gasteiger charge is 2.18. The number of sulfonamides is 1. The van der Waals surface area contributed by atoms with Crippen molar-refractivity contribution in [2.75, 3.05) is 11.9 Å². The van der Waals surface area contributed by atoms with E-state index in [1.54, 1.807) is 24.3 Å². The van der Waals surface area contributed by atoms with Crippen molar-refractivity contribution in [3.05, 3.63) is 96.1 Å². The summed E-state index contributed by atoms with van der Waals surface area (Å²) < 4.78 is 27.9. The van der Waals surface area contributed by atoms with Gasteiger partial charge in [-0.3, -0.25) is 0 Å². The molecule has 0 aliphatic carbocycles. The zero-order valence-electron chi connectivity index (χ0n) is 14.6. The molecule has 0 aromatic heterocycles. The number of nitrogens with one attached hydrogen (secondary N) is 2. The Morgan fingerprint density at radius 3 is 2.00 bits per heavy atom. The molecule has 3 rings (SSSR count). The van der Waals surface area contributed by atoms with E-state index in [4.69, 9.17) is 0 Å². The van der Waals surface area contributed by atoms with Gasteiger partial charge in [0.15, 0.2) is 0 Å². The van der Waals surface area contributed by atoms with E-state index in [1.165, 1.54) is 0 Å². The predicted octanol–water partition coefficient (Wildman–Crippen LogP) is 4.13. The van der Waals surface area contributed by atoms with Crippen LogP contribution in [-0.4, -0.2) is 15.0 Å². The lowest BCUT2D eigenvalue weighted by Gasteiger charge is -2.21. The number of benzene rings is 3. The molecule has 1 atom stereocenters. The average Bonchev–Trinajstić information content (AvgIpc) is 2.67. The second kappa shape index (κ2) is 8.17. The molecule has 0 unspecified atom stereocenters. The van der Waals surface area contributed by atoms with Gasteiger partial charge < -0.3 is 5.32 Å². The van der Waals surface area contributed by atoms with Gasteiger partial charge in [-0.2, -0.15) is 0 Å². The average molecular weight is 366 g/mol. The van der Waals surface area contributed by atoms with Crippen molar-refractivity contribution < 1.29 is 8.42 Å². The first kappa shape index (κ1) is 18.2. The minimum absolute atomic E-state index is 0.182. The Hall–Kier alpha value is -2.63. The molecule has 3 aromatic rings. The van der Waals surface area contributed by atoms with E-state index in [0.29, 0.717) is 0 Å². The number of aryl methyl sites for hydroxylation is 1. The molecule has 2 N–H and O–H groups in total. The third-order valence-corrected chi connectivity index (χ3v) is 5.56. The summed E-state index contributed by atoms with van der Waals surface area (Å²) in [6.07, 6.45) is 0. The number of para-hydroxylation sites is 1. The molecule has 0 aliphatic rings. The highest BCUT2D eigenvalue weighted by molar-refractivity contribution is 7.89. The van der Waals surface area contributed by atoms with E-state index in [2.05, 4.69) is 10.0 Å². The van der Waals surface area contributed by atoms with Crippen molar-refractivity contribution >= 4 is 15.7 Å². The maximum atomic E-state index is 12.6. The number of hydrogen-bond donors (Lipinski definition) is 2. The largest absolute Gasteiger partial charge is 0.377 e. The van der Waals surface area contributed by atoms with Crippen molar-refractivity contribution in [2.45, 2.75) is 17.9 Å². The van der Waals surface area contributed by atoms with Gasteiger partial charge in [0.2, 0.25) is 10.0 Å². The summed E-state index contributed by atoms with van der Waals surface area (Å²) >= 11 is 0. The van der Waals surface area contributed by atoms with Crippen molar-refractivity contribution in [1.82, 2.24) is 4.72 Å². The molecule has 3 aromatic carbocycles. The molecular weight excluding hydrogens is 344 g/mol. The summed E-state index contributed by atoms with van der Waals surface area (Å²) in [4.78, 5) is 0.273. The maximum Gasteiger partial charge on any atom is 0.240 e. The Labute approximate surface area is 155 Å². The van der Waals surface area contributed by atoms with E-state index >= 15 is 0 Å². The van der Waals surface area contributed by atoms with Crippen LogP contribution in [0.4, 0.5) is 5.69 Å². The van der Waals surface area contributed by atoms with Crippen LogP contribution in [0.25, 0.3) is 0 Å². The predicted molar refractivity (Wildman–Crippen MR) is 106 cm³/mol. The summed E-state index contributed by atoms with van der Waals surface area (Å²) in [5.41, 5.74) is 2.98. The summed E-state index contributed by atoms with van der Waals surface area (Å²) in [5.74, 6) is 0. The first-order valence-electron chi connectivity index (χ1n) is 8.47. The van der Waals surface area contributed by atoms with Crippen LogP contribution in [0.15, 0.2) is 89.8 Å². The van der Waals surface area contributed by atoms with Crippen molar-refractivity contribution in [2.24, 2.45) is 0 Å². The lowest BCUT2D eigenvalue weighted by molar-refractivity contribution is 0.576. The number of hydrogen-bond acceptors (Lipinski definition) is 3. The molecule has 134 valence electrons. The molecule has 0 aliphatic heterocycles. The normalized spacial score (nSPS) is 12.5. The molecule has 0 spiro atoms. The zero-order valence-corrected chi connectivity index (χ0v) is 15.4. The smallest absolute Gasteiger partial charge is 0.240 e. The minimum atomic E-state index is -3.56. The molecule has 0 heterocycles. The van der Waals surface area contributed by atoms with Crippen LogP contribution < -0.4 is 10.0 Å². The number of anilines is 1. The van der Waals surface area contributed by atoms with Gasteiger partial charge in [0.05, 0.1) is 10.9 Å². The summed E-state index contributed by atoms with van der Waals surface area (Å²) in [6, 6.07) is 26.2. The van der Waals surface area contributed by atoms with Crippen LogP contribution in [0.1, 0.15) is 17.2 Å². The van der Waals surface area contributed by atoms with Crippen molar-refractivity contribution in [1.29, 1.82) is 0 Å².